The van der Waals surface area contributed by atoms with Crippen molar-refractivity contribution in [2.75, 3.05) is 6.61 Å². The quantitative estimate of drug-likeness (QED) is 0.896. The molecule has 1 aliphatic rings. The van der Waals surface area contributed by atoms with Gasteiger partial charge in [-0.05, 0) is 38.2 Å². The fraction of sp³-hybridized carbons (Fsp3) is 0.571. The second-order valence-electron chi connectivity index (χ2n) is 4.92. The van der Waals surface area contributed by atoms with Crippen LogP contribution in [0.15, 0.2) is 12.1 Å². The van der Waals surface area contributed by atoms with E-state index in [-0.39, 0.29) is 11.7 Å². The van der Waals surface area contributed by atoms with Gasteiger partial charge in [-0.2, -0.15) is 0 Å². The maximum absolute atomic E-state index is 13.7. The molecule has 1 aromatic rings. The molecule has 0 aromatic heterocycles. The number of hydrogen-bond acceptors (Lipinski definition) is 2. The first-order chi connectivity index (χ1) is 8.59. The van der Waals surface area contributed by atoms with Crippen molar-refractivity contribution in [3.63, 3.8) is 0 Å². The van der Waals surface area contributed by atoms with Gasteiger partial charge >= 0.3 is 0 Å². The molecule has 0 bridgehead atoms. The normalized spacial score (nSPS) is 21.2. The maximum atomic E-state index is 13.7. The van der Waals surface area contributed by atoms with E-state index >= 15 is 0 Å². The van der Waals surface area contributed by atoms with Crippen molar-refractivity contribution in [2.24, 2.45) is 5.73 Å². The van der Waals surface area contributed by atoms with Crippen LogP contribution in [0.3, 0.4) is 0 Å². The van der Waals surface area contributed by atoms with Gasteiger partial charge in [0.05, 0.1) is 6.10 Å². The Balaban J connectivity index is 1.99. The summed E-state index contributed by atoms with van der Waals surface area (Å²) in [4.78, 5) is 0. The minimum absolute atomic E-state index is 0.231. The van der Waals surface area contributed by atoms with Crippen molar-refractivity contribution in [2.45, 2.75) is 44.8 Å². The summed E-state index contributed by atoms with van der Waals surface area (Å²) in [7, 11) is 0. The zero-order chi connectivity index (χ0) is 13.1. The summed E-state index contributed by atoms with van der Waals surface area (Å²) in [5, 5.41) is 0. The lowest BCUT2D eigenvalue weighted by Gasteiger charge is -2.16. The van der Waals surface area contributed by atoms with Crippen LogP contribution in [0.5, 0.6) is 0 Å². The molecule has 1 aromatic carbocycles. The van der Waals surface area contributed by atoms with Gasteiger partial charge in [-0.15, -0.1) is 0 Å². The van der Waals surface area contributed by atoms with Crippen LogP contribution in [0.25, 0.3) is 0 Å². The van der Waals surface area contributed by atoms with Crippen molar-refractivity contribution in [3.8, 4) is 0 Å². The van der Waals surface area contributed by atoms with Crippen LogP contribution < -0.4 is 5.73 Å². The van der Waals surface area contributed by atoms with Gasteiger partial charge in [-0.25, -0.2) is 8.78 Å². The summed E-state index contributed by atoms with van der Waals surface area (Å²) < 4.78 is 32.7. The van der Waals surface area contributed by atoms with Crippen LogP contribution in [0.2, 0.25) is 0 Å². The second kappa shape index (κ2) is 5.76. The Labute approximate surface area is 106 Å². The van der Waals surface area contributed by atoms with Crippen molar-refractivity contribution < 1.29 is 13.5 Å². The fourth-order valence-corrected chi connectivity index (χ4v) is 2.34. The Morgan fingerprint density at radius 3 is 2.83 bits per heavy atom. The molecule has 2 nitrogen and oxygen atoms in total. The van der Waals surface area contributed by atoms with E-state index in [1.165, 1.54) is 0 Å². The highest BCUT2D eigenvalue weighted by atomic mass is 19.2. The molecule has 1 aliphatic heterocycles. The van der Waals surface area contributed by atoms with Gasteiger partial charge in [0.25, 0.3) is 0 Å². The highest BCUT2D eigenvalue weighted by Gasteiger charge is 2.20. The molecule has 0 saturated carbocycles. The van der Waals surface area contributed by atoms with Gasteiger partial charge in [0, 0.05) is 18.2 Å². The monoisotopic (exact) mass is 255 g/mol. The fourth-order valence-electron chi connectivity index (χ4n) is 2.34. The number of rotatable bonds is 4. The predicted molar refractivity (Wildman–Crippen MR) is 66.2 cm³/mol. The average Bonchev–Trinajstić information content (AvgIpc) is 2.86. The number of benzene rings is 1. The Morgan fingerprint density at radius 1 is 1.39 bits per heavy atom. The predicted octanol–water partition coefficient (Wildman–Crippen LogP) is 3.23. The third-order valence-electron chi connectivity index (χ3n) is 3.53. The molecule has 0 radical (unpaired) electrons. The first-order valence-corrected chi connectivity index (χ1v) is 6.41. The highest BCUT2D eigenvalue weighted by molar-refractivity contribution is 5.27. The van der Waals surface area contributed by atoms with E-state index in [1.54, 1.807) is 19.1 Å². The molecular formula is C14H19F2NO. The van der Waals surface area contributed by atoms with E-state index in [4.69, 9.17) is 10.5 Å². The summed E-state index contributed by atoms with van der Waals surface area (Å²) in [5.41, 5.74) is 6.50. The minimum atomic E-state index is -0.810. The Kier molecular flexibility index (Phi) is 4.30. The smallest absolute Gasteiger partial charge is 0.163 e. The highest BCUT2D eigenvalue weighted by Crippen LogP contribution is 2.26. The summed E-state index contributed by atoms with van der Waals surface area (Å²) in [6.45, 7) is 2.34. The first kappa shape index (κ1) is 13.4. The molecule has 2 rings (SSSR count). The summed E-state index contributed by atoms with van der Waals surface area (Å²) >= 11 is 0. The third kappa shape index (κ3) is 2.87. The number of aryl methyl sites for hydroxylation is 1. The first-order valence-electron chi connectivity index (χ1n) is 6.41. The van der Waals surface area contributed by atoms with Gasteiger partial charge in [-0.1, -0.05) is 12.1 Å². The lowest BCUT2D eigenvalue weighted by molar-refractivity contribution is 0.101. The number of nitrogens with two attached hydrogens (primary N) is 1. The van der Waals surface area contributed by atoms with Gasteiger partial charge in [0.1, 0.15) is 0 Å². The number of ether oxygens (including phenoxy) is 1. The second-order valence-corrected chi connectivity index (χ2v) is 4.92. The van der Waals surface area contributed by atoms with Gasteiger partial charge < -0.3 is 10.5 Å². The van der Waals surface area contributed by atoms with Crippen molar-refractivity contribution in [1.29, 1.82) is 0 Å². The Bertz CT molecular complexity index is 417. The number of halogens is 2. The molecule has 100 valence electrons. The van der Waals surface area contributed by atoms with Gasteiger partial charge in [0.15, 0.2) is 11.6 Å². The molecular weight excluding hydrogens is 236 g/mol. The standard InChI is InChI=1S/C14H19F2NO/c1-9-4-6-11(14(16)13(9)15)12(17)7-5-10-3-2-8-18-10/h4,6,10,12H,2-3,5,7-8,17H2,1H3. The van der Waals surface area contributed by atoms with E-state index in [0.717, 1.165) is 25.9 Å². The molecule has 1 heterocycles. The lowest BCUT2D eigenvalue weighted by Crippen LogP contribution is -2.16. The maximum Gasteiger partial charge on any atom is 0.163 e. The molecule has 1 fully saturated rings. The molecule has 0 spiro atoms. The third-order valence-corrected chi connectivity index (χ3v) is 3.53. The van der Waals surface area contributed by atoms with E-state index < -0.39 is 17.7 Å². The summed E-state index contributed by atoms with van der Waals surface area (Å²) in [6, 6.07) is 2.68. The van der Waals surface area contributed by atoms with E-state index in [9.17, 15) is 8.78 Å². The van der Waals surface area contributed by atoms with Crippen molar-refractivity contribution >= 4 is 0 Å². The Hall–Kier alpha value is -1.00. The summed E-state index contributed by atoms with van der Waals surface area (Å²) in [5.74, 6) is -1.60. The number of hydrogen-bond donors (Lipinski definition) is 1. The van der Waals surface area contributed by atoms with Crippen molar-refractivity contribution in [3.05, 3.63) is 34.9 Å². The van der Waals surface area contributed by atoms with Crippen LogP contribution in [0.1, 0.15) is 42.9 Å². The van der Waals surface area contributed by atoms with E-state index in [0.29, 0.717) is 12.0 Å². The molecule has 1 saturated heterocycles. The molecule has 0 amide bonds. The van der Waals surface area contributed by atoms with E-state index in [2.05, 4.69) is 0 Å². The molecule has 2 atom stereocenters. The molecule has 4 heteroatoms. The molecule has 0 aliphatic carbocycles. The van der Waals surface area contributed by atoms with Crippen molar-refractivity contribution in [1.82, 2.24) is 0 Å². The largest absolute Gasteiger partial charge is 0.378 e. The Morgan fingerprint density at radius 2 is 2.17 bits per heavy atom. The average molecular weight is 255 g/mol. The zero-order valence-electron chi connectivity index (χ0n) is 10.6. The molecule has 18 heavy (non-hydrogen) atoms. The minimum Gasteiger partial charge on any atom is -0.378 e. The van der Waals surface area contributed by atoms with Crippen LogP contribution >= 0.6 is 0 Å². The lowest BCUT2D eigenvalue weighted by atomic mass is 9.98. The van der Waals surface area contributed by atoms with Crippen LogP contribution in [-0.2, 0) is 4.74 Å². The van der Waals surface area contributed by atoms with E-state index in [1.807, 2.05) is 0 Å². The van der Waals surface area contributed by atoms with Gasteiger partial charge in [-0.3, -0.25) is 0 Å². The summed E-state index contributed by atoms with van der Waals surface area (Å²) in [6.07, 6.45) is 3.76. The van der Waals surface area contributed by atoms with Gasteiger partial charge in [0.2, 0.25) is 0 Å². The van der Waals surface area contributed by atoms with Crippen LogP contribution in [-0.4, -0.2) is 12.7 Å². The molecule has 2 N–H and O–H groups in total. The topological polar surface area (TPSA) is 35.2 Å². The van der Waals surface area contributed by atoms with Crippen LogP contribution in [0.4, 0.5) is 8.78 Å². The van der Waals surface area contributed by atoms with Crippen LogP contribution in [0, 0.1) is 18.6 Å². The zero-order valence-corrected chi connectivity index (χ0v) is 10.6. The SMILES string of the molecule is Cc1ccc(C(N)CCC2CCCO2)c(F)c1F. The molecule has 2 unspecified atom stereocenters.